The van der Waals surface area contributed by atoms with Gasteiger partial charge >= 0.3 is 0 Å². The molecule has 1 amide bonds. The molecule has 0 atom stereocenters. The lowest BCUT2D eigenvalue weighted by Gasteiger charge is -2.23. The van der Waals surface area contributed by atoms with Gasteiger partial charge in [-0.1, -0.05) is 30.5 Å². The first kappa shape index (κ1) is 21.1. The zero-order valence-corrected chi connectivity index (χ0v) is 17.7. The molecule has 0 spiro atoms. The molecular weight excluding hydrogens is 366 g/mol. The van der Waals surface area contributed by atoms with E-state index in [0.717, 1.165) is 35.6 Å². The first-order valence-corrected chi connectivity index (χ1v) is 10.3. The smallest absolute Gasteiger partial charge is 0.244 e. The topological polar surface area (TPSA) is 63.6 Å². The summed E-state index contributed by atoms with van der Waals surface area (Å²) in [6.45, 7) is 6.85. The van der Waals surface area contributed by atoms with Crippen LogP contribution in [0.25, 0.3) is 0 Å². The highest BCUT2D eigenvalue weighted by Gasteiger charge is 2.15. The van der Waals surface area contributed by atoms with Gasteiger partial charge < -0.3 is 14.6 Å². The Hall–Kier alpha value is -2.60. The van der Waals surface area contributed by atoms with Crippen LogP contribution in [0.4, 0.5) is 5.69 Å². The van der Waals surface area contributed by atoms with Gasteiger partial charge in [0.2, 0.25) is 11.3 Å². The minimum atomic E-state index is -0.150. The average Bonchev–Trinajstić information content (AvgIpc) is 2.95. The van der Waals surface area contributed by atoms with Crippen molar-refractivity contribution in [3.05, 3.63) is 57.5 Å². The number of methoxy groups -OCH3 is 1. The number of anilines is 1. The molecule has 29 heavy (non-hydrogen) atoms. The van der Waals surface area contributed by atoms with Crippen LogP contribution >= 0.6 is 0 Å². The molecule has 2 heterocycles. The van der Waals surface area contributed by atoms with Gasteiger partial charge in [0.15, 0.2) is 5.75 Å². The summed E-state index contributed by atoms with van der Waals surface area (Å²) in [5.41, 5.74) is 3.69. The summed E-state index contributed by atoms with van der Waals surface area (Å²) in [6, 6.07) is 7.55. The van der Waals surface area contributed by atoms with Crippen molar-refractivity contribution in [2.24, 2.45) is 0 Å². The zero-order valence-electron chi connectivity index (χ0n) is 17.7. The molecule has 156 valence electrons. The fraction of sp³-hybridized carbons (Fsp3) is 0.478. The lowest BCUT2D eigenvalue weighted by Crippen LogP contribution is -2.29. The second kappa shape index (κ2) is 9.74. The Labute approximate surface area is 172 Å². The summed E-state index contributed by atoms with van der Waals surface area (Å²) in [6.07, 6.45) is 6.51. The Morgan fingerprint density at radius 1 is 1.10 bits per heavy atom. The van der Waals surface area contributed by atoms with Gasteiger partial charge in [-0.2, -0.15) is 0 Å². The first-order valence-electron chi connectivity index (χ1n) is 10.3. The van der Waals surface area contributed by atoms with Crippen LogP contribution in [-0.4, -0.2) is 35.6 Å². The quantitative estimate of drug-likeness (QED) is 0.810. The molecule has 1 aliphatic heterocycles. The molecule has 1 N–H and O–H groups in total. The fourth-order valence-corrected chi connectivity index (χ4v) is 3.85. The van der Waals surface area contributed by atoms with Crippen LogP contribution in [0.3, 0.4) is 0 Å². The van der Waals surface area contributed by atoms with E-state index in [1.807, 2.05) is 36.6 Å². The molecule has 3 rings (SSSR count). The molecule has 6 nitrogen and oxygen atoms in total. The summed E-state index contributed by atoms with van der Waals surface area (Å²) >= 11 is 0. The number of benzene rings is 1. The van der Waals surface area contributed by atoms with Crippen molar-refractivity contribution in [1.82, 2.24) is 9.47 Å². The SMILES string of the molecule is COc1cn(CC(=O)Nc2ccc(C)cc2C)c(CN2CCCCCC2)cc1=O. The van der Waals surface area contributed by atoms with Crippen molar-refractivity contribution in [1.29, 1.82) is 0 Å². The molecule has 2 aromatic rings. The number of aromatic nitrogens is 1. The number of nitrogens with zero attached hydrogens (tertiary/aromatic N) is 2. The number of ether oxygens (including phenoxy) is 1. The number of likely N-dealkylation sites (tertiary alicyclic amines) is 1. The van der Waals surface area contributed by atoms with Gasteiger partial charge in [-0.3, -0.25) is 14.5 Å². The number of carbonyl (C=O) groups excluding carboxylic acids is 1. The molecule has 0 aliphatic carbocycles. The Kier molecular flexibility index (Phi) is 7.09. The zero-order chi connectivity index (χ0) is 20.8. The first-order chi connectivity index (χ1) is 14.0. The standard InChI is InChI=1S/C23H31N3O3/c1-17-8-9-20(18(2)12-17)24-23(28)16-26-15-22(29-3)21(27)13-19(26)14-25-10-6-4-5-7-11-25/h8-9,12-13,15H,4-7,10-11,14,16H2,1-3H3,(H,24,28). The summed E-state index contributed by atoms with van der Waals surface area (Å²) < 4.78 is 7.04. The lowest BCUT2D eigenvalue weighted by molar-refractivity contribution is -0.116. The molecule has 0 radical (unpaired) electrons. The maximum absolute atomic E-state index is 12.7. The van der Waals surface area contributed by atoms with E-state index in [-0.39, 0.29) is 23.6 Å². The van der Waals surface area contributed by atoms with Crippen molar-refractivity contribution >= 4 is 11.6 Å². The third-order valence-electron chi connectivity index (χ3n) is 5.46. The van der Waals surface area contributed by atoms with Gasteiger partial charge in [-0.05, 0) is 51.4 Å². The van der Waals surface area contributed by atoms with Crippen LogP contribution < -0.4 is 15.5 Å². The van der Waals surface area contributed by atoms with Crippen LogP contribution in [-0.2, 0) is 17.9 Å². The maximum atomic E-state index is 12.7. The molecule has 1 saturated heterocycles. The number of amides is 1. The van der Waals surface area contributed by atoms with Crippen molar-refractivity contribution in [2.45, 2.75) is 52.6 Å². The minimum absolute atomic E-state index is 0.125. The maximum Gasteiger partial charge on any atom is 0.244 e. The van der Waals surface area contributed by atoms with Crippen molar-refractivity contribution < 1.29 is 9.53 Å². The molecule has 1 aromatic carbocycles. The normalized spacial score (nSPS) is 15.0. The van der Waals surface area contributed by atoms with E-state index < -0.39 is 0 Å². The number of rotatable bonds is 6. The van der Waals surface area contributed by atoms with Gasteiger partial charge in [0, 0.05) is 24.0 Å². The van der Waals surface area contributed by atoms with E-state index in [1.165, 1.54) is 32.8 Å². The third kappa shape index (κ3) is 5.70. The Morgan fingerprint density at radius 3 is 2.48 bits per heavy atom. The minimum Gasteiger partial charge on any atom is -0.491 e. The molecule has 1 aromatic heterocycles. The van der Waals surface area contributed by atoms with Crippen LogP contribution in [0, 0.1) is 13.8 Å². The average molecular weight is 398 g/mol. The summed E-state index contributed by atoms with van der Waals surface area (Å²) in [7, 11) is 1.48. The Bertz CT molecular complexity index is 912. The molecular formula is C23H31N3O3. The third-order valence-corrected chi connectivity index (χ3v) is 5.46. The van der Waals surface area contributed by atoms with E-state index >= 15 is 0 Å². The highest BCUT2D eigenvalue weighted by Crippen LogP contribution is 2.17. The molecule has 0 unspecified atom stereocenters. The highest BCUT2D eigenvalue weighted by atomic mass is 16.5. The summed E-state index contributed by atoms with van der Waals surface area (Å²) in [5.74, 6) is 0.128. The predicted octanol–water partition coefficient (Wildman–Crippen LogP) is 3.49. The number of pyridine rings is 1. The second-order valence-electron chi connectivity index (χ2n) is 7.88. The van der Waals surface area contributed by atoms with E-state index in [9.17, 15) is 9.59 Å². The Balaban J connectivity index is 1.80. The van der Waals surface area contributed by atoms with Crippen molar-refractivity contribution in [3.8, 4) is 5.75 Å². The van der Waals surface area contributed by atoms with E-state index in [4.69, 9.17) is 4.74 Å². The van der Waals surface area contributed by atoms with Gasteiger partial charge in [0.25, 0.3) is 0 Å². The molecule has 6 heteroatoms. The van der Waals surface area contributed by atoms with Crippen LogP contribution in [0.1, 0.15) is 42.5 Å². The van der Waals surface area contributed by atoms with Crippen molar-refractivity contribution in [2.75, 3.05) is 25.5 Å². The summed E-state index contributed by atoms with van der Waals surface area (Å²) in [5, 5.41) is 2.99. The van der Waals surface area contributed by atoms with Crippen molar-refractivity contribution in [3.63, 3.8) is 0 Å². The molecule has 0 bridgehead atoms. The lowest BCUT2D eigenvalue weighted by atomic mass is 10.1. The molecule has 1 fully saturated rings. The molecule has 1 aliphatic rings. The van der Waals surface area contributed by atoms with Crippen LogP contribution in [0.2, 0.25) is 0 Å². The van der Waals surface area contributed by atoms with E-state index in [0.29, 0.717) is 6.54 Å². The number of carbonyl (C=O) groups is 1. The van der Waals surface area contributed by atoms with Gasteiger partial charge in [-0.25, -0.2) is 0 Å². The Morgan fingerprint density at radius 2 is 1.83 bits per heavy atom. The van der Waals surface area contributed by atoms with Gasteiger partial charge in [0.1, 0.15) is 6.54 Å². The molecule has 0 saturated carbocycles. The second-order valence-corrected chi connectivity index (χ2v) is 7.88. The number of hydrogen-bond donors (Lipinski definition) is 1. The fourth-order valence-electron chi connectivity index (χ4n) is 3.85. The van der Waals surface area contributed by atoms with E-state index in [2.05, 4.69) is 10.2 Å². The van der Waals surface area contributed by atoms with Crippen LogP contribution in [0.15, 0.2) is 35.3 Å². The van der Waals surface area contributed by atoms with E-state index in [1.54, 1.807) is 12.3 Å². The number of nitrogens with one attached hydrogen (secondary N) is 1. The van der Waals surface area contributed by atoms with Gasteiger partial charge in [0.05, 0.1) is 13.3 Å². The summed E-state index contributed by atoms with van der Waals surface area (Å²) in [4.78, 5) is 27.4. The highest BCUT2D eigenvalue weighted by molar-refractivity contribution is 5.91. The van der Waals surface area contributed by atoms with Crippen LogP contribution in [0.5, 0.6) is 5.75 Å². The van der Waals surface area contributed by atoms with Gasteiger partial charge in [-0.15, -0.1) is 0 Å². The monoisotopic (exact) mass is 397 g/mol. The largest absolute Gasteiger partial charge is 0.491 e. The predicted molar refractivity (Wildman–Crippen MR) is 116 cm³/mol. The number of aryl methyl sites for hydroxylation is 2. The number of hydrogen-bond acceptors (Lipinski definition) is 4.